The second-order valence-corrected chi connectivity index (χ2v) is 29.2. The van der Waals surface area contributed by atoms with E-state index < -0.39 is 20.0 Å². The molecule has 4 aromatic carbocycles. The van der Waals surface area contributed by atoms with Crippen molar-refractivity contribution in [3.8, 4) is 22.3 Å². The summed E-state index contributed by atoms with van der Waals surface area (Å²) < 4.78 is 3.49. The zero-order valence-electron chi connectivity index (χ0n) is 23.8. The number of fused-ring (bicyclic) bond motifs is 3. The van der Waals surface area contributed by atoms with Crippen molar-refractivity contribution in [3.63, 3.8) is 0 Å². The average molecular weight is 744 g/mol. The molecular formula is C38H38Cl2Hf. The van der Waals surface area contributed by atoms with Gasteiger partial charge in [0.1, 0.15) is 0 Å². The maximum absolute atomic E-state index is 3.04. The molecule has 0 aromatic heterocycles. The van der Waals surface area contributed by atoms with E-state index in [1.165, 1.54) is 59.1 Å². The molecule has 0 spiro atoms. The van der Waals surface area contributed by atoms with Crippen molar-refractivity contribution in [1.29, 1.82) is 0 Å². The minimum atomic E-state index is -3.04. The van der Waals surface area contributed by atoms with Crippen LogP contribution in [-0.2, 0) is 20.0 Å². The van der Waals surface area contributed by atoms with Crippen molar-refractivity contribution in [2.24, 2.45) is 0 Å². The van der Waals surface area contributed by atoms with Gasteiger partial charge >= 0.3 is 239 Å². The molecule has 3 aliphatic carbocycles. The summed E-state index contributed by atoms with van der Waals surface area (Å²) >= 11 is -3.04. The average Bonchev–Trinajstić information content (AvgIpc) is 3.29. The Labute approximate surface area is 262 Å². The second-order valence-electron chi connectivity index (χ2n) is 12.5. The molecule has 0 N–H and O–H groups in total. The summed E-state index contributed by atoms with van der Waals surface area (Å²) in [7, 11) is 0. The van der Waals surface area contributed by atoms with E-state index in [4.69, 9.17) is 0 Å². The van der Waals surface area contributed by atoms with E-state index in [0.717, 1.165) is 7.35 Å². The quantitative estimate of drug-likeness (QED) is 0.183. The Morgan fingerprint density at radius 3 is 1.34 bits per heavy atom. The number of hydrogen-bond donors (Lipinski definition) is 0. The number of rotatable bonds is 4. The summed E-state index contributed by atoms with van der Waals surface area (Å²) in [5, 5.41) is 0. The van der Waals surface area contributed by atoms with E-state index in [2.05, 4.69) is 123 Å². The van der Waals surface area contributed by atoms with Crippen LogP contribution in [0.1, 0.15) is 69.1 Å². The topological polar surface area (TPSA) is 0 Å². The SMILES string of the molecule is CC1=Cc2c(-c3ccccc3)cccc2[CH]1[Hf]1([CH]2C(C)=Cc3c(-c4ccccc4)cccc32)[CH]2CCCC[CH]21.Cl.Cl. The molecule has 8 rings (SSSR count). The summed E-state index contributed by atoms with van der Waals surface area (Å²) in [6.45, 7) is 4.97. The Hall–Kier alpha value is -2.19. The van der Waals surface area contributed by atoms with Gasteiger partial charge in [0.25, 0.3) is 0 Å². The van der Waals surface area contributed by atoms with Gasteiger partial charge in [0.15, 0.2) is 0 Å². The van der Waals surface area contributed by atoms with Crippen LogP contribution in [0, 0.1) is 0 Å². The molecular weight excluding hydrogens is 706 g/mol. The smallest absolute Gasteiger partial charge is 0.147 e. The Balaban J connectivity index is 0.00000151. The Kier molecular flexibility index (Phi) is 7.86. The van der Waals surface area contributed by atoms with Crippen LogP contribution < -0.4 is 0 Å². The summed E-state index contributed by atoms with van der Waals surface area (Å²) in [4.78, 5) is 0. The molecule has 3 heteroatoms. The van der Waals surface area contributed by atoms with E-state index >= 15 is 0 Å². The van der Waals surface area contributed by atoms with Crippen LogP contribution in [0.25, 0.3) is 34.4 Å². The zero-order valence-corrected chi connectivity index (χ0v) is 29.1. The predicted octanol–water partition coefficient (Wildman–Crippen LogP) is 11.8. The molecule has 0 radical (unpaired) electrons. The molecule has 4 unspecified atom stereocenters. The summed E-state index contributed by atoms with van der Waals surface area (Å²) in [5.41, 5.74) is 15.3. The first-order valence-electron chi connectivity index (χ1n) is 14.9. The van der Waals surface area contributed by atoms with Gasteiger partial charge in [-0.15, -0.1) is 24.8 Å². The standard InChI is InChI=1S/2C16H13.C6H10.2ClH.Hf/c2*1-12-10-14-8-5-9-15(16(14)11-12)13-6-3-2-4-7-13;1-2-4-6-5-3-1;;;/h2*2-11H,1H3;1-2H,3-6H2;2*1H;. The van der Waals surface area contributed by atoms with Crippen molar-refractivity contribution in [2.45, 2.75) is 54.2 Å². The molecule has 4 aromatic rings. The molecule has 1 heterocycles. The third kappa shape index (κ3) is 4.25. The molecule has 2 fully saturated rings. The first kappa shape index (κ1) is 28.9. The fourth-order valence-electron chi connectivity index (χ4n) is 9.41. The normalized spacial score (nSPS) is 26.9. The van der Waals surface area contributed by atoms with Gasteiger partial charge < -0.3 is 0 Å². The van der Waals surface area contributed by atoms with Crippen molar-refractivity contribution < 1.29 is 20.0 Å². The molecule has 4 atom stereocenters. The molecule has 41 heavy (non-hydrogen) atoms. The fourth-order valence-corrected chi connectivity index (χ4v) is 44.8. The maximum atomic E-state index is 2.60. The zero-order chi connectivity index (χ0) is 26.1. The minimum absolute atomic E-state index is 0. The fraction of sp³-hybridized carbons (Fsp3) is 0.263. The number of hydrogen-bond acceptors (Lipinski definition) is 0. The van der Waals surface area contributed by atoms with E-state index in [9.17, 15) is 0 Å². The van der Waals surface area contributed by atoms with Crippen molar-refractivity contribution >= 4 is 37.0 Å². The van der Waals surface area contributed by atoms with Crippen LogP contribution >= 0.6 is 24.8 Å². The summed E-state index contributed by atoms with van der Waals surface area (Å²) in [6.07, 6.45) is 11.1. The minimum Gasteiger partial charge on any atom is -0.147 e. The van der Waals surface area contributed by atoms with E-state index in [0.29, 0.717) is 7.35 Å². The van der Waals surface area contributed by atoms with Gasteiger partial charge in [-0.1, -0.05) is 0 Å². The van der Waals surface area contributed by atoms with Crippen molar-refractivity contribution in [2.75, 3.05) is 0 Å². The molecule has 0 nitrogen and oxygen atoms in total. The van der Waals surface area contributed by atoms with Crippen molar-refractivity contribution in [3.05, 3.63) is 130 Å². The van der Waals surface area contributed by atoms with E-state index in [-0.39, 0.29) is 24.8 Å². The van der Waals surface area contributed by atoms with Crippen molar-refractivity contribution in [1.82, 2.24) is 0 Å². The van der Waals surface area contributed by atoms with E-state index in [1.54, 1.807) is 22.3 Å². The van der Waals surface area contributed by atoms with Crippen LogP contribution in [0.2, 0.25) is 7.35 Å². The summed E-state index contributed by atoms with van der Waals surface area (Å²) in [5.74, 6) is 0. The van der Waals surface area contributed by atoms with E-state index in [1.807, 2.05) is 0 Å². The predicted molar refractivity (Wildman–Crippen MR) is 177 cm³/mol. The second kappa shape index (κ2) is 11.1. The van der Waals surface area contributed by atoms with Gasteiger partial charge in [-0.25, -0.2) is 0 Å². The monoisotopic (exact) mass is 744 g/mol. The van der Waals surface area contributed by atoms with Gasteiger partial charge in [-0.05, 0) is 0 Å². The molecule has 0 bridgehead atoms. The van der Waals surface area contributed by atoms with Crippen LogP contribution in [0.5, 0.6) is 0 Å². The number of allylic oxidation sites excluding steroid dienone is 2. The first-order valence-corrected chi connectivity index (χ1v) is 23.2. The molecule has 1 saturated carbocycles. The van der Waals surface area contributed by atoms with Gasteiger partial charge in [0.05, 0.1) is 0 Å². The Morgan fingerprint density at radius 1 is 0.512 bits per heavy atom. The van der Waals surface area contributed by atoms with Gasteiger partial charge in [-0.3, -0.25) is 0 Å². The molecule has 4 aliphatic rings. The Bertz CT molecular complexity index is 1530. The van der Waals surface area contributed by atoms with Gasteiger partial charge in [-0.2, -0.15) is 0 Å². The Morgan fingerprint density at radius 2 is 0.927 bits per heavy atom. The van der Waals surface area contributed by atoms with Gasteiger partial charge in [0, 0.05) is 0 Å². The molecule has 1 saturated heterocycles. The largest absolute Gasteiger partial charge is 0.147 e. The van der Waals surface area contributed by atoms with Crippen LogP contribution in [0.3, 0.4) is 0 Å². The van der Waals surface area contributed by atoms with Crippen LogP contribution in [-0.4, -0.2) is 0 Å². The van der Waals surface area contributed by atoms with Gasteiger partial charge in [0.2, 0.25) is 0 Å². The third-order valence-corrected chi connectivity index (χ3v) is 36.2. The van der Waals surface area contributed by atoms with Crippen LogP contribution in [0.4, 0.5) is 0 Å². The molecule has 1 aliphatic heterocycles. The molecule has 208 valence electrons. The number of halogens is 2. The number of benzene rings is 4. The first-order chi connectivity index (χ1) is 19.2. The molecule has 0 amide bonds. The maximum Gasteiger partial charge on any atom is -0.147 e. The van der Waals surface area contributed by atoms with Crippen LogP contribution in [0.15, 0.2) is 108 Å². The summed E-state index contributed by atoms with van der Waals surface area (Å²) in [6, 6.07) is 36.6. The third-order valence-electron chi connectivity index (χ3n) is 10.7.